The maximum atomic E-state index is 12.4. The molecule has 0 fully saturated rings. The Balaban J connectivity index is 2.16. The van der Waals surface area contributed by atoms with Gasteiger partial charge < -0.3 is 4.18 Å². The quantitative estimate of drug-likeness (QED) is 0.547. The molecule has 0 saturated heterocycles. The Morgan fingerprint density at radius 2 is 1.50 bits per heavy atom. The van der Waals surface area contributed by atoms with Crippen LogP contribution in [-0.2, 0) is 10.1 Å². The van der Waals surface area contributed by atoms with Crippen LogP contribution < -0.4 is 4.18 Å². The van der Waals surface area contributed by atoms with E-state index in [0.29, 0.717) is 11.7 Å². The number of carbonyl (C=O) groups is 1. The van der Waals surface area contributed by atoms with Gasteiger partial charge in [0.1, 0.15) is 4.90 Å². The van der Waals surface area contributed by atoms with E-state index in [0.717, 1.165) is 5.39 Å². The predicted octanol–water partition coefficient (Wildman–Crippen LogP) is 3.42. The van der Waals surface area contributed by atoms with Crippen molar-refractivity contribution < 1.29 is 17.4 Å². The molecule has 0 N–H and O–H groups in total. The summed E-state index contributed by atoms with van der Waals surface area (Å²) in [7, 11) is -4.00. The lowest BCUT2D eigenvalue weighted by Gasteiger charge is -2.11. The molecule has 0 spiro atoms. The summed E-state index contributed by atoms with van der Waals surface area (Å²) in [5, 5.41) is 1.37. The second-order valence-electron chi connectivity index (χ2n) is 4.67. The van der Waals surface area contributed by atoms with Gasteiger partial charge in [-0.2, -0.15) is 8.42 Å². The number of aldehydes is 1. The molecule has 0 heterocycles. The van der Waals surface area contributed by atoms with Crippen molar-refractivity contribution in [3.05, 3.63) is 72.3 Å². The number of rotatable bonds is 4. The molecular weight excluding hydrogens is 300 g/mol. The summed E-state index contributed by atoms with van der Waals surface area (Å²) in [5.74, 6) is 0.0527. The van der Waals surface area contributed by atoms with Crippen LogP contribution >= 0.6 is 0 Å². The molecule has 0 unspecified atom stereocenters. The lowest BCUT2D eigenvalue weighted by Crippen LogP contribution is -2.11. The summed E-state index contributed by atoms with van der Waals surface area (Å²) in [6.45, 7) is 0. The van der Waals surface area contributed by atoms with E-state index in [1.165, 1.54) is 12.1 Å². The first-order chi connectivity index (χ1) is 10.6. The van der Waals surface area contributed by atoms with E-state index >= 15 is 0 Å². The zero-order valence-electron chi connectivity index (χ0n) is 11.5. The summed E-state index contributed by atoms with van der Waals surface area (Å²) in [6.07, 6.45) is 0.586. The molecule has 0 aliphatic rings. The smallest absolute Gasteiger partial charge is 0.339 e. The topological polar surface area (TPSA) is 60.4 Å². The minimum absolute atomic E-state index is 0.0415. The lowest BCUT2D eigenvalue weighted by atomic mass is 10.1. The zero-order valence-corrected chi connectivity index (χ0v) is 12.3. The summed E-state index contributed by atoms with van der Waals surface area (Å²) in [5.41, 5.74) is 0.193. The van der Waals surface area contributed by atoms with Crippen LogP contribution in [-0.4, -0.2) is 14.7 Å². The van der Waals surface area contributed by atoms with Crippen molar-refractivity contribution in [3.63, 3.8) is 0 Å². The number of benzene rings is 3. The molecule has 3 aromatic rings. The molecule has 0 amide bonds. The standard InChI is InChI=1S/C17H12O4S/c18-12-14-11-10-13-6-4-5-9-16(13)17(14)21-22(19,20)15-7-2-1-3-8-15/h1-12H. The van der Waals surface area contributed by atoms with E-state index in [4.69, 9.17) is 4.18 Å². The minimum atomic E-state index is -4.00. The Hall–Kier alpha value is -2.66. The third-order valence-corrected chi connectivity index (χ3v) is 4.50. The number of fused-ring (bicyclic) bond motifs is 1. The minimum Gasteiger partial charge on any atom is -0.378 e. The molecule has 0 bridgehead atoms. The Kier molecular flexibility index (Phi) is 3.65. The number of hydrogen-bond acceptors (Lipinski definition) is 4. The average Bonchev–Trinajstić information content (AvgIpc) is 2.56. The van der Waals surface area contributed by atoms with Gasteiger partial charge in [-0.05, 0) is 23.6 Å². The van der Waals surface area contributed by atoms with Crippen molar-refractivity contribution in [2.24, 2.45) is 0 Å². The van der Waals surface area contributed by atoms with Crippen LogP contribution in [0.1, 0.15) is 10.4 Å². The van der Waals surface area contributed by atoms with E-state index in [-0.39, 0.29) is 16.2 Å². The van der Waals surface area contributed by atoms with Crippen molar-refractivity contribution in [1.29, 1.82) is 0 Å². The monoisotopic (exact) mass is 312 g/mol. The van der Waals surface area contributed by atoms with E-state index in [2.05, 4.69) is 0 Å². The molecule has 0 saturated carbocycles. The Morgan fingerprint density at radius 1 is 0.818 bits per heavy atom. The van der Waals surface area contributed by atoms with Gasteiger partial charge in [-0.15, -0.1) is 0 Å². The van der Waals surface area contributed by atoms with Crippen molar-refractivity contribution in [2.75, 3.05) is 0 Å². The molecule has 4 nitrogen and oxygen atoms in total. The van der Waals surface area contributed by atoms with Gasteiger partial charge in [0, 0.05) is 5.39 Å². The van der Waals surface area contributed by atoms with Gasteiger partial charge in [-0.25, -0.2) is 0 Å². The fourth-order valence-electron chi connectivity index (χ4n) is 2.19. The van der Waals surface area contributed by atoms with Crippen LogP contribution in [0.2, 0.25) is 0 Å². The van der Waals surface area contributed by atoms with Gasteiger partial charge in [0.25, 0.3) is 0 Å². The second-order valence-corrected chi connectivity index (χ2v) is 6.22. The van der Waals surface area contributed by atoms with Crippen LogP contribution in [0.5, 0.6) is 5.75 Å². The SMILES string of the molecule is O=Cc1ccc2ccccc2c1OS(=O)(=O)c1ccccc1. The third-order valence-electron chi connectivity index (χ3n) is 3.26. The highest BCUT2D eigenvalue weighted by atomic mass is 32.2. The largest absolute Gasteiger partial charge is 0.378 e. The number of carbonyl (C=O) groups excluding carboxylic acids is 1. The van der Waals surface area contributed by atoms with Crippen LogP contribution in [0.15, 0.2) is 71.6 Å². The Morgan fingerprint density at radius 3 is 2.23 bits per heavy atom. The van der Waals surface area contributed by atoms with Gasteiger partial charge in [0.2, 0.25) is 0 Å². The molecule has 3 rings (SSSR count). The van der Waals surface area contributed by atoms with E-state index in [1.807, 2.05) is 12.1 Å². The summed E-state index contributed by atoms with van der Waals surface area (Å²) in [4.78, 5) is 11.3. The van der Waals surface area contributed by atoms with Gasteiger partial charge >= 0.3 is 10.1 Å². The van der Waals surface area contributed by atoms with Gasteiger partial charge in [0.15, 0.2) is 12.0 Å². The van der Waals surface area contributed by atoms with E-state index in [1.54, 1.807) is 42.5 Å². The Bertz CT molecular complexity index is 931. The molecule has 0 radical (unpaired) electrons. The fourth-order valence-corrected chi connectivity index (χ4v) is 3.18. The average molecular weight is 312 g/mol. The highest BCUT2D eigenvalue weighted by Crippen LogP contribution is 2.31. The molecule has 0 aliphatic heterocycles. The van der Waals surface area contributed by atoms with Gasteiger partial charge in [0.05, 0.1) is 5.56 Å². The molecule has 0 atom stereocenters. The second kappa shape index (κ2) is 5.61. The molecule has 0 aromatic heterocycles. The Labute approximate surface area is 128 Å². The van der Waals surface area contributed by atoms with Gasteiger partial charge in [-0.3, -0.25) is 4.79 Å². The highest BCUT2D eigenvalue weighted by molar-refractivity contribution is 7.87. The van der Waals surface area contributed by atoms with Crippen LogP contribution in [0, 0.1) is 0 Å². The fraction of sp³-hybridized carbons (Fsp3) is 0. The summed E-state index contributed by atoms with van der Waals surface area (Å²) in [6, 6.07) is 18.3. The zero-order chi connectivity index (χ0) is 15.6. The van der Waals surface area contributed by atoms with Crippen LogP contribution in [0.3, 0.4) is 0 Å². The normalized spacial score (nSPS) is 11.3. The van der Waals surface area contributed by atoms with Crippen LogP contribution in [0.4, 0.5) is 0 Å². The molecule has 5 heteroatoms. The maximum Gasteiger partial charge on any atom is 0.339 e. The summed E-state index contributed by atoms with van der Waals surface area (Å²) >= 11 is 0. The van der Waals surface area contributed by atoms with Crippen LogP contribution in [0.25, 0.3) is 10.8 Å². The third kappa shape index (κ3) is 2.58. The van der Waals surface area contributed by atoms with E-state index in [9.17, 15) is 13.2 Å². The van der Waals surface area contributed by atoms with Crippen molar-refractivity contribution >= 4 is 27.2 Å². The molecule has 110 valence electrons. The first-order valence-corrected chi connectivity index (χ1v) is 7.99. The molecular formula is C17H12O4S. The first-order valence-electron chi connectivity index (χ1n) is 6.58. The number of hydrogen-bond donors (Lipinski definition) is 0. The van der Waals surface area contributed by atoms with E-state index < -0.39 is 10.1 Å². The molecule has 3 aromatic carbocycles. The highest BCUT2D eigenvalue weighted by Gasteiger charge is 2.20. The van der Waals surface area contributed by atoms with Crippen molar-refractivity contribution in [3.8, 4) is 5.75 Å². The summed E-state index contributed by atoms with van der Waals surface area (Å²) < 4.78 is 30.0. The van der Waals surface area contributed by atoms with Gasteiger partial charge in [-0.1, -0.05) is 48.5 Å². The maximum absolute atomic E-state index is 12.4. The van der Waals surface area contributed by atoms with Crippen molar-refractivity contribution in [1.82, 2.24) is 0 Å². The predicted molar refractivity (Wildman–Crippen MR) is 83.6 cm³/mol. The van der Waals surface area contributed by atoms with Crippen molar-refractivity contribution in [2.45, 2.75) is 4.90 Å². The molecule has 0 aliphatic carbocycles. The first kappa shape index (κ1) is 14.3. The lowest BCUT2D eigenvalue weighted by molar-refractivity contribution is 0.112. The molecule has 22 heavy (non-hydrogen) atoms.